The van der Waals surface area contributed by atoms with Gasteiger partial charge in [-0.15, -0.1) is 0 Å². The predicted molar refractivity (Wildman–Crippen MR) is 219 cm³/mol. The second-order valence-electron chi connectivity index (χ2n) is 17.5. The van der Waals surface area contributed by atoms with E-state index in [0.29, 0.717) is 11.8 Å². The summed E-state index contributed by atoms with van der Waals surface area (Å²) in [6.45, 7) is 9.51. The zero-order chi connectivity index (χ0) is 36.1. The SMILES string of the molecule is CC1(C)c2ccccc2-c2ccc(-c3ccc4c(c3)OC3C=CC5=C6c7ccc(-c8ccc9c(c8)C(C)(C)C8C=CC=CC98)cc7OC6CC=C5C43)cc21. The van der Waals surface area contributed by atoms with Gasteiger partial charge in [-0.2, -0.15) is 0 Å². The Morgan fingerprint density at radius 3 is 2.13 bits per heavy atom. The van der Waals surface area contributed by atoms with Crippen LogP contribution in [0.2, 0.25) is 0 Å². The molecule has 0 saturated carbocycles. The molecule has 262 valence electrons. The average molecular weight is 699 g/mol. The fraction of sp³-hybridized carbons (Fsp3) is 0.231. The molecule has 0 fully saturated rings. The lowest BCUT2D eigenvalue weighted by Gasteiger charge is -2.30. The molecule has 5 aromatic rings. The van der Waals surface area contributed by atoms with Crippen LogP contribution in [0.5, 0.6) is 11.5 Å². The van der Waals surface area contributed by atoms with Crippen molar-refractivity contribution in [1.82, 2.24) is 0 Å². The van der Waals surface area contributed by atoms with Crippen LogP contribution in [-0.4, -0.2) is 12.2 Å². The molecule has 7 aliphatic rings. The van der Waals surface area contributed by atoms with E-state index < -0.39 is 0 Å². The van der Waals surface area contributed by atoms with Crippen molar-refractivity contribution in [3.8, 4) is 44.9 Å². The molecule has 0 bridgehead atoms. The van der Waals surface area contributed by atoms with Crippen LogP contribution in [0, 0.1) is 5.92 Å². The largest absolute Gasteiger partial charge is 0.485 e. The molecule has 54 heavy (non-hydrogen) atoms. The lowest BCUT2D eigenvalue weighted by Crippen LogP contribution is -2.26. The van der Waals surface area contributed by atoms with Crippen LogP contribution in [0.1, 0.15) is 79.3 Å². The maximum absolute atomic E-state index is 6.76. The first-order valence-electron chi connectivity index (χ1n) is 19.7. The predicted octanol–water partition coefficient (Wildman–Crippen LogP) is 12.4. The van der Waals surface area contributed by atoms with E-state index in [2.05, 4.69) is 167 Å². The van der Waals surface area contributed by atoms with Gasteiger partial charge >= 0.3 is 0 Å². The molecule has 5 unspecified atom stereocenters. The van der Waals surface area contributed by atoms with Gasteiger partial charge in [0.2, 0.25) is 0 Å². The van der Waals surface area contributed by atoms with Crippen LogP contribution in [-0.2, 0) is 10.8 Å². The van der Waals surface area contributed by atoms with E-state index in [4.69, 9.17) is 9.47 Å². The topological polar surface area (TPSA) is 18.5 Å². The zero-order valence-electron chi connectivity index (χ0n) is 31.2. The van der Waals surface area contributed by atoms with Gasteiger partial charge in [-0.3, -0.25) is 0 Å². The van der Waals surface area contributed by atoms with Gasteiger partial charge in [0.25, 0.3) is 0 Å². The second kappa shape index (κ2) is 10.5. The van der Waals surface area contributed by atoms with Gasteiger partial charge < -0.3 is 9.47 Å². The van der Waals surface area contributed by atoms with Crippen molar-refractivity contribution in [3.63, 3.8) is 0 Å². The summed E-state index contributed by atoms with van der Waals surface area (Å²) < 4.78 is 13.5. The van der Waals surface area contributed by atoms with Gasteiger partial charge in [-0.1, -0.05) is 143 Å². The van der Waals surface area contributed by atoms with Crippen molar-refractivity contribution in [2.75, 3.05) is 0 Å². The van der Waals surface area contributed by atoms with Gasteiger partial charge in [0.1, 0.15) is 23.7 Å². The fourth-order valence-corrected chi connectivity index (χ4v) is 11.3. The quantitative estimate of drug-likeness (QED) is 0.183. The smallest absolute Gasteiger partial charge is 0.128 e. The molecule has 5 atom stereocenters. The lowest BCUT2D eigenvalue weighted by molar-refractivity contribution is 0.260. The Kier molecular flexibility index (Phi) is 6.02. The van der Waals surface area contributed by atoms with E-state index in [0.717, 1.165) is 17.9 Å². The molecule has 5 aromatic carbocycles. The van der Waals surface area contributed by atoms with Crippen LogP contribution in [0.25, 0.3) is 39.0 Å². The van der Waals surface area contributed by atoms with Crippen LogP contribution >= 0.6 is 0 Å². The third-order valence-corrected chi connectivity index (χ3v) is 14.1. The summed E-state index contributed by atoms with van der Waals surface area (Å²) in [5, 5.41) is 0. The number of fused-ring (bicyclic) bond motifs is 14. The molecular weight excluding hydrogens is 657 g/mol. The normalized spacial score (nSPS) is 25.9. The summed E-state index contributed by atoms with van der Waals surface area (Å²) in [4.78, 5) is 0. The Hall–Kier alpha value is -5.60. The number of rotatable bonds is 2. The van der Waals surface area contributed by atoms with Gasteiger partial charge in [-0.05, 0) is 102 Å². The fourth-order valence-electron chi connectivity index (χ4n) is 11.3. The molecule has 2 heterocycles. The summed E-state index contributed by atoms with van der Waals surface area (Å²) >= 11 is 0. The minimum atomic E-state index is -0.0260. The summed E-state index contributed by atoms with van der Waals surface area (Å²) in [7, 11) is 0. The third-order valence-electron chi connectivity index (χ3n) is 14.1. The first-order chi connectivity index (χ1) is 26.3. The second-order valence-corrected chi connectivity index (χ2v) is 17.5. The van der Waals surface area contributed by atoms with E-state index in [-0.39, 0.29) is 29.0 Å². The van der Waals surface area contributed by atoms with Crippen LogP contribution in [0.3, 0.4) is 0 Å². The highest BCUT2D eigenvalue weighted by Gasteiger charge is 2.46. The highest BCUT2D eigenvalue weighted by atomic mass is 16.5. The minimum absolute atomic E-state index is 0.00103. The monoisotopic (exact) mass is 698 g/mol. The molecule has 2 aliphatic heterocycles. The zero-order valence-corrected chi connectivity index (χ0v) is 31.2. The molecule has 0 saturated heterocycles. The standard InChI is InChI=1S/C52H42O2/c1-51(2)41-11-7-5-9-33(41)35-17-13-29(25-43(35)51)31-15-19-39-47(27-31)53-45-23-21-38-37(49(39)45)22-24-46-50(38)40-20-16-32(28-48(40)54-46)30-14-18-36-34-10-6-8-12-42(34)52(3,4)44(36)26-30/h5-23,25-28,34,42,45-46,49H,24H2,1-4H3. The molecule has 0 N–H and O–H groups in total. The highest BCUT2D eigenvalue weighted by Crippen LogP contribution is 2.57. The number of hydrogen-bond donors (Lipinski definition) is 0. The van der Waals surface area contributed by atoms with E-state index >= 15 is 0 Å². The van der Waals surface area contributed by atoms with Crippen molar-refractivity contribution in [2.45, 2.75) is 69.0 Å². The molecule has 5 aliphatic carbocycles. The Bertz CT molecular complexity index is 2670. The van der Waals surface area contributed by atoms with Crippen molar-refractivity contribution in [3.05, 3.63) is 184 Å². The Morgan fingerprint density at radius 1 is 0.593 bits per heavy atom. The maximum Gasteiger partial charge on any atom is 0.128 e. The molecular formula is C52H42O2. The van der Waals surface area contributed by atoms with Crippen LogP contribution in [0.15, 0.2) is 151 Å². The van der Waals surface area contributed by atoms with E-state index in [9.17, 15) is 0 Å². The summed E-state index contributed by atoms with van der Waals surface area (Å²) in [5.41, 5.74) is 20.0. The highest BCUT2D eigenvalue weighted by molar-refractivity contribution is 5.89. The summed E-state index contributed by atoms with van der Waals surface area (Å²) in [6, 6.07) is 36.8. The molecule has 0 radical (unpaired) electrons. The van der Waals surface area contributed by atoms with E-state index in [1.807, 2.05) is 0 Å². The number of benzene rings is 5. The van der Waals surface area contributed by atoms with Gasteiger partial charge in [0.15, 0.2) is 0 Å². The van der Waals surface area contributed by atoms with Crippen LogP contribution in [0.4, 0.5) is 0 Å². The number of ether oxygens (including phenoxy) is 2. The molecule has 0 amide bonds. The Labute approximate surface area is 317 Å². The molecule has 12 rings (SSSR count). The first-order valence-corrected chi connectivity index (χ1v) is 19.7. The average Bonchev–Trinajstić information content (AvgIpc) is 3.90. The van der Waals surface area contributed by atoms with Crippen molar-refractivity contribution in [1.29, 1.82) is 0 Å². The van der Waals surface area contributed by atoms with Crippen molar-refractivity contribution >= 4 is 5.57 Å². The Morgan fingerprint density at radius 2 is 1.28 bits per heavy atom. The van der Waals surface area contributed by atoms with E-state index in [1.54, 1.807) is 0 Å². The first kappa shape index (κ1) is 30.8. The number of allylic oxidation sites excluding steroid dienone is 6. The van der Waals surface area contributed by atoms with Crippen LogP contribution < -0.4 is 9.47 Å². The molecule has 2 heteroatoms. The molecule has 0 spiro atoms. The van der Waals surface area contributed by atoms with Gasteiger partial charge in [0.05, 0.1) is 5.92 Å². The van der Waals surface area contributed by atoms with Crippen molar-refractivity contribution in [2.24, 2.45) is 5.92 Å². The van der Waals surface area contributed by atoms with Gasteiger partial charge in [-0.25, -0.2) is 0 Å². The maximum atomic E-state index is 6.76. The third kappa shape index (κ3) is 4.01. The lowest BCUT2D eigenvalue weighted by atomic mass is 9.73. The van der Waals surface area contributed by atoms with Crippen molar-refractivity contribution < 1.29 is 9.47 Å². The number of hydrogen-bond acceptors (Lipinski definition) is 2. The minimum Gasteiger partial charge on any atom is -0.485 e. The summed E-state index contributed by atoms with van der Waals surface area (Å²) in [6.07, 6.45) is 17.1. The molecule has 2 nitrogen and oxygen atoms in total. The Balaban J connectivity index is 0.864. The summed E-state index contributed by atoms with van der Waals surface area (Å²) in [5.74, 6) is 3.16. The molecule has 0 aromatic heterocycles. The van der Waals surface area contributed by atoms with E-state index in [1.165, 1.54) is 83.5 Å². The van der Waals surface area contributed by atoms with Gasteiger partial charge in [0, 0.05) is 34.5 Å².